The van der Waals surface area contributed by atoms with Crippen LogP contribution in [0.3, 0.4) is 0 Å². The Morgan fingerprint density at radius 3 is 1.68 bits per heavy atom. The molecule has 2 aromatic heterocycles. The van der Waals surface area contributed by atoms with Gasteiger partial charge in [-0.3, -0.25) is 0 Å². The minimum absolute atomic E-state index is 0.135. The van der Waals surface area contributed by atoms with E-state index in [0.717, 1.165) is 6.20 Å². The van der Waals surface area contributed by atoms with Gasteiger partial charge in [0.15, 0.2) is 5.82 Å². The van der Waals surface area contributed by atoms with Gasteiger partial charge in [0.05, 0.1) is 22.8 Å². The molecule has 0 amide bonds. The van der Waals surface area contributed by atoms with Crippen LogP contribution in [-0.4, -0.2) is 72.6 Å². The predicted octanol–water partition coefficient (Wildman–Crippen LogP) is 8.87. The highest BCUT2D eigenvalue weighted by molar-refractivity contribution is 5.85. The predicted molar refractivity (Wildman–Crippen MR) is 135 cm³/mol. The van der Waals surface area contributed by atoms with E-state index in [1.807, 2.05) is 0 Å². The summed E-state index contributed by atoms with van der Waals surface area (Å²) in [5.41, 5.74) is 0.453. The number of aromatic nitrogens is 5. The van der Waals surface area contributed by atoms with Crippen molar-refractivity contribution in [3.63, 3.8) is 0 Å². The van der Waals surface area contributed by atoms with E-state index in [1.54, 1.807) is 48.5 Å². The van der Waals surface area contributed by atoms with Crippen molar-refractivity contribution in [3.05, 3.63) is 66.5 Å². The first-order valence-electron chi connectivity index (χ1n) is 13.3. The Kier molecular flexibility index (Phi) is 9.50. The summed E-state index contributed by atoms with van der Waals surface area (Å²) in [6, 6.07) is 14.5. The Labute approximate surface area is 266 Å². The molecule has 0 saturated heterocycles. The van der Waals surface area contributed by atoms with Crippen LogP contribution in [0.25, 0.3) is 22.3 Å². The van der Waals surface area contributed by atoms with Gasteiger partial charge in [-0.25, -0.2) is 9.67 Å². The lowest BCUT2D eigenvalue weighted by Crippen LogP contribution is -2.74. The lowest BCUT2D eigenvalue weighted by Gasteiger charge is -2.42. The molecule has 0 aliphatic heterocycles. The third kappa shape index (κ3) is 6.00. The van der Waals surface area contributed by atoms with Crippen molar-refractivity contribution in [2.75, 3.05) is 0 Å². The largest absolute Gasteiger partial charge is 0.471 e. The Bertz CT molecular complexity index is 1810. The van der Waals surface area contributed by atoms with Crippen molar-refractivity contribution in [1.29, 1.82) is 0 Å². The van der Waals surface area contributed by atoms with Gasteiger partial charge in [0.2, 0.25) is 5.88 Å². The maximum Gasteiger partial charge on any atom is 0.460 e. The number of aryl methyl sites for hydroxylation is 1. The van der Waals surface area contributed by atoms with Crippen LogP contribution < -0.4 is 4.74 Å². The van der Waals surface area contributed by atoms with E-state index in [9.17, 15) is 74.6 Å². The zero-order valence-corrected chi connectivity index (χ0v) is 24.0. The lowest BCUT2D eigenvalue weighted by molar-refractivity contribution is -0.461. The molecule has 0 aliphatic rings. The van der Waals surface area contributed by atoms with Crippen molar-refractivity contribution in [2.45, 2.75) is 67.2 Å². The minimum Gasteiger partial charge on any atom is -0.471 e. The average Bonchev–Trinajstić information content (AvgIpc) is 3.49. The summed E-state index contributed by atoms with van der Waals surface area (Å²) in [5.74, 6) is -56.9. The monoisotopic (exact) mass is 749 g/mol. The van der Waals surface area contributed by atoms with Gasteiger partial charge >= 0.3 is 47.6 Å². The summed E-state index contributed by atoms with van der Waals surface area (Å²) in [6.07, 6.45) is -9.76. The van der Waals surface area contributed by atoms with Crippen molar-refractivity contribution in [2.24, 2.45) is 0 Å². The highest BCUT2D eigenvalue weighted by Crippen LogP contribution is 2.64. The van der Waals surface area contributed by atoms with Crippen LogP contribution in [0.15, 0.2) is 60.8 Å². The van der Waals surface area contributed by atoms with Crippen LogP contribution in [0, 0.1) is 0 Å². The van der Waals surface area contributed by atoms with Gasteiger partial charge in [-0.2, -0.15) is 79.6 Å². The SMILES string of the molecule is FC(F)(F)C(F)(F)C(F)(F)C(F)(F)C(F)(F)C(F)(F)C(F)(F)C(F)(F)CCn1nncc1COc1nc(-c2ccccc2)nc2ccccc12. The second-order valence-corrected chi connectivity index (χ2v) is 10.4. The Morgan fingerprint density at radius 2 is 1.10 bits per heavy atom. The molecule has 0 aliphatic carbocycles. The molecule has 4 rings (SSSR count). The molecule has 0 atom stereocenters. The Morgan fingerprint density at radius 1 is 0.580 bits per heavy atom. The van der Waals surface area contributed by atoms with Gasteiger partial charge < -0.3 is 4.74 Å². The summed E-state index contributed by atoms with van der Waals surface area (Å²) < 4.78 is 237. The van der Waals surface area contributed by atoms with Gasteiger partial charge in [0.1, 0.15) is 6.61 Å². The number of benzene rings is 2. The van der Waals surface area contributed by atoms with Crippen molar-refractivity contribution in [3.8, 4) is 17.3 Å². The molecule has 4 aromatic rings. The number of hydrogen-bond acceptors (Lipinski definition) is 5. The van der Waals surface area contributed by atoms with E-state index in [1.165, 1.54) is 6.07 Å². The first kappa shape index (κ1) is 38.3. The van der Waals surface area contributed by atoms with Gasteiger partial charge in [0.25, 0.3) is 0 Å². The fourth-order valence-electron chi connectivity index (χ4n) is 4.19. The number of ether oxygens (including phenoxy) is 1. The minimum atomic E-state index is -8.69. The van der Waals surface area contributed by atoms with Crippen LogP contribution in [0.1, 0.15) is 12.1 Å². The number of nitrogens with zero attached hydrogens (tertiary/aromatic N) is 5. The summed E-state index contributed by atoms with van der Waals surface area (Å²) >= 11 is 0. The smallest absolute Gasteiger partial charge is 0.460 e. The first-order chi connectivity index (χ1) is 22.7. The number of alkyl halides is 17. The molecule has 0 saturated carbocycles. The fraction of sp³-hybridized carbons (Fsp3) is 0.407. The molecular formula is C27H16F17N5O. The normalized spacial score (nSPS) is 14.3. The topological polar surface area (TPSA) is 65.7 Å². The molecule has 274 valence electrons. The summed E-state index contributed by atoms with van der Waals surface area (Å²) in [7, 11) is 0. The van der Waals surface area contributed by atoms with Gasteiger partial charge in [-0.15, -0.1) is 5.10 Å². The first-order valence-corrected chi connectivity index (χ1v) is 13.3. The van der Waals surface area contributed by atoms with Crippen LogP contribution in [0.2, 0.25) is 0 Å². The van der Waals surface area contributed by atoms with E-state index in [2.05, 4.69) is 20.3 Å². The Balaban J connectivity index is 1.57. The number of halogens is 17. The quantitative estimate of drug-likeness (QED) is 0.128. The maximum atomic E-state index is 14.5. The molecule has 0 unspecified atom stereocenters. The van der Waals surface area contributed by atoms with E-state index in [0.29, 0.717) is 11.1 Å². The van der Waals surface area contributed by atoms with Crippen LogP contribution in [0.4, 0.5) is 74.6 Å². The fourth-order valence-corrected chi connectivity index (χ4v) is 4.19. The van der Waals surface area contributed by atoms with E-state index >= 15 is 0 Å². The van der Waals surface area contributed by atoms with Gasteiger partial charge in [0, 0.05) is 18.5 Å². The number of para-hydroxylation sites is 1. The maximum absolute atomic E-state index is 14.5. The summed E-state index contributed by atoms with van der Waals surface area (Å²) in [5, 5.41) is 6.76. The zero-order valence-electron chi connectivity index (χ0n) is 24.0. The zero-order chi connectivity index (χ0) is 37.8. The van der Waals surface area contributed by atoms with Crippen LogP contribution in [0.5, 0.6) is 5.88 Å². The van der Waals surface area contributed by atoms with E-state index < -0.39 is 72.9 Å². The number of rotatable bonds is 13. The molecule has 0 fully saturated rings. The van der Waals surface area contributed by atoms with Crippen molar-refractivity contribution < 1.29 is 79.4 Å². The number of hydrogen-bond donors (Lipinski definition) is 0. The molecular weight excluding hydrogens is 733 g/mol. The van der Waals surface area contributed by atoms with Crippen molar-refractivity contribution in [1.82, 2.24) is 25.0 Å². The molecule has 0 radical (unpaired) electrons. The second kappa shape index (κ2) is 12.4. The molecule has 0 bridgehead atoms. The lowest BCUT2D eigenvalue weighted by atomic mass is 9.88. The molecule has 23 heteroatoms. The van der Waals surface area contributed by atoms with E-state index in [4.69, 9.17) is 4.74 Å². The third-order valence-corrected chi connectivity index (χ3v) is 7.08. The molecule has 6 nitrogen and oxygen atoms in total. The second-order valence-electron chi connectivity index (χ2n) is 10.4. The highest BCUT2D eigenvalue weighted by Gasteiger charge is 2.95. The standard InChI is InChI=1S/C27H16F17N5O/c28-20(29,21(30,31)22(32,33)23(34,35)24(36,37)25(38,39)26(40,41)27(42,43)44)10-11-49-15(12-45-48-49)13-50-19-16-8-4-5-9-17(16)46-18(47-19)14-6-2-1-3-7-14/h1-9,12H,10-11,13H2. The number of fused-ring (bicyclic) bond motifs is 1. The van der Waals surface area contributed by atoms with Crippen LogP contribution >= 0.6 is 0 Å². The molecule has 50 heavy (non-hydrogen) atoms. The molecule has 0 N–H and O–H groups in total. The molecule has 2 heterocycles. The van der Waals surface area contributed by atoms with Gasteiger partial charge in [-0.1, -0.05) is 47.7 Å². The van der Waals surface area contributed by atoms with Crippen molar-refractivity contribution >= 4 is 10.9 Å². The van der Waals surface area contributed by atoms with E-state index in [-0.39, 0.29) is 21.8 Å². The van der Waals surface area contributed by atoms with Crippen LogP contribution in [-0.2, 0) is 13.2 Å². The summed E-state index contributed by atoms with van der Waals surface area (Å²) in [6.45, 7) is -2.39. The Hall–Kier alpha value is -4.47. The summed E-state index contributed by atoms with van der Waals surface area (Å²) in [4.78, 5) is 8.62. The third-order valence-electron chi connectivity index (χ3n) is 7.08. The average molecular weight is 749 g/mol. The highest BCUT2D eigenvalue weighted by atomic mass is 19.4. The van der Waals surface area contributed by atoms with Gasteiger partial charge in [-0.05, 0) is 12.1 Å². The molecule has 0 spiro atoms. The molecule has 2 aromatic carbocycles.